The quantitative estimate of drug-likeness (QED) is 0.445. The molecule has 114 valence electrons. The van der Waals surface area contributed by atoms with E-state index in [1.165, 1.54) is 0 Å². The van der Waals surface area contributed by atoms with Crippen LogP contribution in [-0.2, 0) is 0 Å². The largest absolute Gasteiger partial charge is 0.391 e. The number of anilines is 1. The molecule has 1 fully saturated rings. The molecule has 1 aliphatic rings. The fraction of sp³-hybridized carbons (Fsp3) is 0.438. The van der Waals surface area contributed by atoms with Gasteiger partial charge in [0.1, 0.15) is 0 Å². The van der Waals surface area contributed by atoms with Crippen molar-refractivity contribution in [2.45, 2.75) is 32.4 Å². The second kappa shape index (κ2) is 7.52. The van der Waals surface area contributed by atoms with Crippen LogP contribution < -0.4 is 10.2 Å². The van der Waals surface area contributed by atoms with Crippen LogP contribution >= 0.6 is 12.6 Å². The average Bonchev–Trinajstić information content (AvgIpc) is 2.90. The molecular weight excluding hydrogens is 282 g/mol. The highest BCUT2D eigenvalue weighted by molar-refractivity contribution is 7.83. The number of hydrogen-bond acceptors (Lipinski definition) is 4. The van der Waals surface area contributed by atoms with Gasteiger partial charge in [-0.05, 0) is 43.4 Å². The molecule has 5 heteroatoms. The smallest absolute Gasteiger partial charge is 0.0871 e. The van der Waals surface area contributed by atoms with Crippen molar-refractivity contribution in [3.05, 3.63) is 35.2 Å². The summed E-state index contributed by atoms with van der Waals surface area (Å²) in [5.74, 6) is 0. The molecule has 1 atom stereocenters. The van der Waals surface area contributed by atoms with Crippen molar-refractivity contribution in [1.29, 1.82) is 0 Å². The van der Waals surface area contributed by atoms with E-state index in [9.17, 15) is 5.11 Å². The molecule has 1 aromatic carbocycles. The molecule has 1 heterocycles. The Morgan fingerprint density at radius 3 is 2.67 bits per heavy atom. The second-order valence-electron chi connectivity index (χ2n) is 5.49. The molecule has 4 nitrogen and oxygen atoms in total. The topological polar surface area (TPSA) is 47.9 Å². The van der Waals surface area contributed by atoms with E-state index in [1.54, 1.807) is 11.7 Å². The van der Waals surface area contributed by atoms with Crippen molar-refractivity contribution in [3.8, 4) is 0 Å². The second-order valence-corrected chi connectivity index (χ2v) is 5.75. The van der Waals surface area contributed by atoms with Crippen LogP contribution in [0.4, 0.5) is 5.69 Å². The monoisotopic (exact) mass is 305 g/mol. The van der Waals surface area contributed by atoms with Crippen molar-refractivity contribution in [2.24, 2.45) is 4.99 Å². The summed E-state index contributed by atoms with van der Waals surface area (Å²) in [6.07, 6.45) is 2.35. The van der Waals surface area contributed by atoms with Gasteiger partial charge in [0.2, 0.25) is 0 Å². The Morgan fingerprint density at radius 2 is 2.14 bits per heavy atom. The molecule has 0 amide bonds. The van der Waals surface area contributed by atoms with Gasteiger partial charge in [-0.15, -0.1) is 12.6 Å². The molecule has 0 radical (unpaired) electrons. The molecule has 0 saturated carbocycles. The normalized spacial score (nSPS) is 19.8. The van der Waals surface area contributed by atoms with Crippen LogP contribution in [0, 0.1) is 0 Å². The van der Waals surface area contributed by atoms with Gasteiger partial charge >= 0.3 is 0 Å². The van der Waals surface area contributed by atoms with Crippen molar-refractivity contribution in [2.75, 3.05) is 18.0 Å². The summed E-state index contributed by atoms with van der Waals surface area (Å²) in [7, 11) is 0. The number of aliphatic hydroxyl groups is 1. The highest BCUT2D eigenvalue weighted by Gasteiger charge is 2.20. The minimum atomic E-state index is -0.202. The molecule has 1 unspecified atom stereocenters. The Hall–Kier alpha value is -1.46. The maximum atomic E-state index is 9.60. The van der Waals surface area contributed by atoms with Gasteiger partial charge in [-0.3, -0.25) is 4.99 Å². The van der Waals surface area contributed by atoms with Crippen LogP contribution in [0.2, 0.25) is 0 Å². The molecule has 0 bridgehead atoms. The Bertz CT molecular complexity index is 511. The van der Waals surface area contributed by atoms with Gasteiger partial charge in [0.25, 0.3) is 0 Å². The first-order valence-corrected chi connectivity index (χ1v) is 7.78. The average molecular weight is 305 g/mol. The van der Waals surface area contributed by atoms with Crippen molar-refractivity contribution < 1.29 is 5.11 Å². The third-order valence-corrected chi connectivity index (χ3v) is 3.69. The maximum absolute atomic E-state index is 9.60. The Balaban J connectivity index is 2.03. The van der Waals surface area contributed by atoms with E-state index < -0.39 is 0 Å². The van der Waals surface area contributed by atoms with Crippen molar-refractivity contribution in [1.82, 2.24) is 5.32 Å². The maximum Gasteiger partial charge on any atom is 0.0871 e. The van der Waals surface area contributed by atoms with Crippen LogP contribution in [0.5, 0.6) is 0 Å². The number of benzene rings is 1. The molecular formula is C16H23N3OS. The molecule has 21 heavy (non-hydrogen) atoms. The summed E-state index contributed by atoms with van der Waals surface area (Å²) in [6, 6.07) is 8.52. The molecule has 1 aromatic rings. The zero-order valence-corrected chi connectivity index (χ0v) is 13.4. The standard InChI is InChI=1S/C16H23N3OS/c1-12(2)17-11-18-16(10-21)13-3-5-14(6-4-13)19-8-7-15(20)9-19/h3-6,10-12,15,20-21H,7-9H2,1-2H3,(H,17,18)/b16-10-. The zero-order valence-electron chi connectivity index (χ0n) is 12.5. The SMILES string of the molecule is CC(C)N=CN/C(=C\S)c1ccc(N2CCC(O)C2)cc1. The lowest BCUT2D eigenvalue weighted by Crippen LogP contribution is -2.21. The first kappa shape index (κ1) is 15.9. The molecule has 1 saturated heterocycles. The minimum Gasteiger partial charge on any atom is -0.391 e. The van der Waals surface area contributed by atoms with Crippen LogP contribution in [-0.4, -0.2) is 36.7 Å². The molecule has 0 spiro atoms. The predicted molar refractivity (Wildman–Crippen MR) is 93.0 cm³/mol. The zero-order chi connectivity index (χ0) is 15.2. The van der Waals surface area contributed by atoms with Crippen molar-refractivity contribution in [3.63, 3.8) is 0 Å². The first-order valence-electron chi connectivity index (χ1n) is 7.26. The van der Waals surface area contributed by atoms with Gasteiger partial charge in [0.15, 0.2) is 0 Å². The van der Waals surface area contributed by atoms with E-state index in [0.29, 0.717) is 6.54 Å². The molecule has 1 aliphatic heterocycles. The van der Waals surface area contributed by atoms with Crippen LogP contribution in [0.15, 0.2) is 34.7 Å². The summed E-state index contributed by atoms with van der Waals surface area (Å²) in [6.45, 7) is 5.69. The van der Waals surface area contributed by atoms with Crippen LogP contribution in [0.1, 0.15) is 25.8 Å². The molecule has 0 aliphatic carbocycles. The lowest BCUT2D eigenvalue weighted by atomic mass is 10.1. The van der Waals surface area contributed by atoms with Gasteiger partial charge in [-0.2, -0.15) is 0 Å². The lowest BCUT2D eigenvalue weighted by molar-refractivity contribution is 0.198. The highest BCUT2D eigenvalue weighted by atomic mass is 32.1. The number of aliphatic hydroxyl groups excluding tert-OH is 1. The predicted octanol–water partition coefficient (Wildman–Crippen LogP) is 2.51. The summed E-state index contributed by atoms with van der Waals surface area (Å²) in [4.78, 5) is 6.48. The Kier molecular flexibility index (Phi) is 5.70. The molecule has 0 aromatic heterocycles. The van der Waals surface area contributed by atoms with Gasteiger partial charge in [0.05, 0.1) is 18.1 Å². The van der Waals surface area contributed by atoms with Gasteiger partial charge in [0, 0.05) is 24.8 Å². The highest BCUT2D eigenvalue weighted by Crippen LogP contribution is 2.22. The fourth-order valence-corrected chi connectivity index (χ4v) is 2.50. The number of β-amino-alcohol motifs (C(OH)–C–C–N with tert-alkyl or cyclic N) is 1. The number of nitrogens with zero attached hydrogens (tertiary/aromatic N) is 2. The third-order valence-electron chi connectivity index (χ3n) is 3.43. The van der Waals surface area contributed by atoms with Crippen LogP contribution in [0.25, 0.3) is 5.70 Å². The number of nitrogens with one attached hydrogen (secondary N) is 1. The summed E-state index contributed by atoms with van der Waals surface area (Å²) < 4.78 is 0. The van der Waals surface area contributed by atoms with Crippen molar-refractivity contribution >= 4 is 30.4 Å². The Morgan fingerprint density at radius 1 is 1.43 bits per heavy atom. The summed E-state index contributed by atoms with van der Waals surface area (Å²) >= 11 is 4.25. The van der Waals surface area contributed by atoms with Crippen LogP contribution in [0.3, 0.4) is 0 Å². The van der Waals surface area contributed by atoms with Gasteiger partial charge in [-0.1, -0.05) is 12.1 Å². The molecule has 2 N–H and O–H groups in total. The number of hydrogen-bond donors (Lipinski definition) is 3. The number of rotatable bonds is 5. The fourth-order valence-electron chi connectivity index (χ4n) is 2.28. The first-order chi connectivity index (χ1) is 10.1. The third kappa shape index (κ3) is 4.51. The lowest BCUT2D eigenvalue weighted by Gasteiger charge is -2.18. The molecule has 2 rings (SSSR count). The van der Waals surface area contributed by atoms with E-state index in [1.807, 2.05) is 13.8 Å². The van der Waals surface area contributed by atoms with Gasteiger partial charge in [-0.25, -0.2) is 0 Å². The summed E-state index contributed by atoms with van der Waals surface area (Å²) in [5.41, 5.74) is 3.11. The number of aliphatic imine (C=N–C) groups is 1. The summed E-state index contributed by atoms with van der Waals surface area (Å²) in [5, 5.41) is 14.5. The van der Waals surface area contributed by atoms with E-state index in [4.69, 9.17) is 0 Å². The minimum absolute atomic E-state index is 0.202. The van der Waals surface area contributed by atoms with E-state index in [2.05, 4.69) is 52.1 Å². The van der Waals surface area contributed by atoms with E-state index in [-0.39, 0.29) is 12.1 Å². The Labute approximate surface area is 132 Å². The van der Waals surface area contributed by atoms with E-state index >= 15 is 0 Å². The number of thiol groups is 1. The van der Waals surface area contributed by atoms with Gasteiger partial charge < -0.3 is 15.3 Å². The van der Waals surface area contributed by atoms with E-state index in [0.717, 1.165) is 29.9 Å².